The minimum absolute atomic E-state index is 0.886. The summed E-state index contributed by atoms with van der Waals surface area (Å²) in [6.45, 7) is -11.0. The Morgan fingerprint density at radius 3 is 2.43 bits per heavy atom. The molecule has 0 heterocycles. The summed E-state index contributed by atoms with van der Waals surface area (Å²) in [7, 11) is 0. The van der Waals surface area contributed by atoms with Crippen molar-refractivity contribution in [2.45, 2.75) is 19.4 Å². The lowest BCUT2D eigenvalue weighted by Crippen LogP contribution is -2.45. The van der Waals surface area contributed by atoms with Crippen LogP contribution in [0.25, 0.3) is 0 Å². The number of esters is 1. The molecule has 0 unspecified atom stereocenters. The van der Waals surface area contributed by atoms with Crippen molar-refractivity contribution in [3.8, 4) is 0 Å². The first-order valence-corrected chi connectivity index (χ1v) is 3.71. The zero-order valence-corrected chi connectivity index (χ0v) is 7.57. The third-order valence-corrected chi connectivity index (χ3v) is 1.20. The molecular formula is C9H17NO4. The third kappa shape index (κ3) is 7.54. The molecule has 0 aliphatic heterocycles. The molecule has 0 aromatic carbocycles. The molecule has 0 aliphatic carbocycles. The lowest BCUT2D eigenvalue weighted by molar-refractivity contribution is -0.873. The Morgan fingerprint density at radius 1 is 1.50 bits per heavy atom. The molecule has 0 aliphatic rings. The van der Waals surface area contributed by atoms with E-state index in [-0.39, 0.29) is 0 Å². The number of aliphatic carboxylic acids is 1. The van der Waals surface area contributed by atoms with Gasteiger partial charge in [0.1, 0.15) is 6.54 Å². The van der Waals surface area contributed by atoms with E-state index in [9.17, 15) is 14.7 Å². The van der Waals surface area contributed by atoms with Crippen molar-refractivity contribution >= 4 is 11.9 Å². The van der Waals surface area contributed by atoms with E-state index in [2.05, 4.69) is 4.74 Å². The van der Waals surface area contributed by atoms with Crippen LogP contribution in [0.1, 0.15) is 25.7 Å². The van der Waals surface area contributed by atoms with Crippen LogP contribution in [-0.4, -0.2) is 50.0 Å². The van der Waals surface area contributed by atoms with Gasteiger partial charge in [-0.3, -0.25) is 4.79 Å². The maximum atomic E-state index is 11.0. The van der Waals surface area contributed by atoms with Crippen molar-refractivity contribution in [3.05, 3.63) is 0 Å². The molecule has 0 saturated heterocycles. The number of rotatable bonds is 5. The first kappa shape index (κ1) is 4.18. The highest BCUT2D eigenvalue weighted by molar-refractivity contribution is 5.68. The predicted octanol–water partition coefficient (Wildman–Crippen LogP) is -1.24. The van der Waals surface area contributed by atoms with Gasteiger partial charge in [0.25, 0.3) is 0 Å². The second kappa shape index (κ2) is 4.95. The van der Waals surface area contributed by atoms with E-state index < -0.39 is 56.4 Å². The molecule has 0 rings (SSSR count). The molecule has 0 N–H and O–H groups in total. The highest BCUT2D eigenvalue weighted by atomic mass is 16.5. The van der Waals surface area contributed by atoms with Gasteiger partial charge in [0, 0.05) is 19.3 Å². The van der Waals surface area contributed by atoms with Gasteiger partial charge < -0.3 is 19.1 Å². The Kier molecular flexibility index (Phi) is 1.48. The fourth-order valence-electron chi connectivity index (χ4n) is 0.870. The molecule has 0 amide bonds. The average molecular weight is 212 g/mol. The van der Waals surface area contributed by atoms with Crippen molar-refractivity contribution in [2.24, 2.45) is 0 Å². The van der Waals surface area contributed by atoms with Gasteiger partial charge in [-0.15, -0.1) is 0 Å². The Hall–Kier alpha value is -1.10. The van der Waals surface area contributed by atoms with Gasteiger partial charge in [0.15, 0.2) is 6.10 Å². The van der Waals surface area contributed by atoms with Crippen LogP contribution in [0.5, 0.6) is 0 Å². The fraction of sp³-hybridized carbons (Fsp3) is 0.778. The van der Waals surface area contributed by atoms with Crippen LogP contribution in [-0.2, 0) is 14.3 Å². The van der Waals surface area contributed by atoms with Crippen LogP contribution in [0.2, 0.25) is 0 Å². The summed E-state index contributed by atoms with van der Waals surface area (Å²) in [4.78, 5) is 21.7. The Labute approximate surface area is 96.5 Å². The van der Waals surface area contributed by atoms with E-state index in [1.165, 1.54) is 0 Å². The summed E-state index contributed by atoms with van der Waals surface area (Å²) in [5.74, 6) is -2.77. The van der Waals surface area contributed by atoms with E-state index in [4.69, 9.17) is 12.3 Å². The van der Waals surface area contributed by atoms with Crippen molar-refractivity contribution in [2.75, 3.05) is 27.5 Å². The zero-order chi connectivity index (χ0) is 18.9. The van der Waals surface area contributed by atoms with Gasteiger partial charge in [0.05, 0.1) is 33.3 Å². The second-order valence-corrected chi connectivity index (χ2v) is 2.80. The minimum Gasteiger partial charge on any atom is -0.550 e. The summed E-state index contributed by atoms with van der Waals surface area (Å²) in [5.41, 5.74) is 0. The maximum absolute atomic E-state index is 11.0. The van der Waals surface area contributed by atoms with E-state index >= 15 is 0 Å². The van der Waals surface area contributed by atoms with Gasteiger partial charge in [-0.25, -0.2) is 0 Å². The number of carboxylic acid groups (broad SMARTS) is 1. The average Bonchev–Trinajstić information content (AvgIpc) is 2.17. The Balaban J connectivity index is 6.13. The van der Waals surface area contributed by atoms with Crippen LogP contribution in [0.3, 0.4) is 0 Å². The molecule has 0 fully saturated rings. The predicted molar refractivity (Wildman–Crippen MR) is 48.1 cm³/mol. The number of quaternary nitrogens is 1. The lowest BCUT2D eigenvalue weighted by Gasteiger charge is -2.28. The van der Waals surface area contributed by atoms with Crippen molar-refractivity contribution in [1.29, 1.82) is 0 Å². The summed E-state index contributed by atoms with van der Waals surface area (Å²) >= 11 is 0. The van der Waals surface area contributed by atoms with Crippen LogP contribution in [0, 0.1) is 0 Å². The molecule has 0 aromatic rings. The summed E-state index contributed by atoms with van der Waals surface area (Å²) in [6.07, 6.45) is -2.83. The van der Waals surface area contributed by atoms with Crippen LogP contribution >= 0.6 is 0 Å². The van der Waals surface area contributed by atoms with E-state index in [1.807, 2.05) is 0 Å². The Bertz CT molecular complexity index is 401. The molecule has 0 spiro atoms. The smallest absolute Gasteiger partial charge is 0.303 e. The van der Waals surface area contributed by atoms with Gasteiger partial charge >= 0.3 is 5.97 Å². The standard InChI is InChI=1S/C9H17NO4/c1-7(11)14-8(5-9(12)13)6-10(2,3)4/h8H,5-6H2,1-4H3/t8-/m1/s1/i2D3,3D3,4D3. The number of carboxylic acids is 1. The molecule has 0 bridgehead atoms. The number of ether oxygens (including phenoxy) is 1. The zero-order valence-electron chi connectivity index (χ0n) is 16.6. The summed E-state index contributed by atoms with van der Waals surface area (Å²) in [5, 5.41) is 10.7. The SMILES string of the molecule is [2H]C([2H])([2H])[N+](C[C@@H](CC(=O)[O-])OC(C)=O)(C([2H])([2H])[2H])C([2H])([2H])[2H]. The fourth-order valence-corrected chi connectivity index (χ4v) is 0.870. The van der Waals surface area contributed by atoms with Gasteiger partial charge in [0.2, 0.25) is 0 Å². The van der Waals surface area contributed by atoms with Crippen molar-refractivity contribution < 1.29 is 36.3 Å². The second-order valence-electron chi connectivity index (χ2n) is 2.80. The minimum atomic E-state index is -3.55. The molecular weight excluding hydrogens is 186 g/mol. The highest BCUT2D eigenvalue weighted by Crippen LogP contribution is 2.04. The first-order chi connectivity index (χ1) is 9.95. The Morgan fingerprint density at radius 2 is 2.07 bits per heavy atom. The number of carbonyl (C=O) groups is 2. The van der Waals surface area contributed by atoms with E-state index in [0.29, 0.717) is 0 Å². The van der Waals surface area contributed by atoms with Crippen molar-refractivity contribution in [3.63, 3.8) is 0 Å². The number of hydrogen-bond acceptors (Lipinski definition) is 4. The molecule has 0 aromatic heterocycles. The van der Waals surface area contributed by atoms with Crippen LogP contribution in [0.15, 0.2) is 0 Å². The monoisotopic (exact) mass is 212 g/mol. The molecule has 0 saturated carbocycles. The van der Waals surface area contributed by atoms with E-state index in [1.54, 1.807) is 0 Å². The third-order valence-electron chi connectivity index (χ3n) is 1.20. The molecule has 14 heavy (non-hydrogen) atoms. The topological polar surface area (TPSA) is 66.4 Å². The number of carbonyl (C=O) groups excluding carboxylic acids is 2. The summed E-state index contributed by atoms with van der Waals surface area (Å²) in [6, 6.07) is 0. The molecule has 5 heteroatoms. The lowest BCUT2D eigenvalue weighted by atomic mass is 10.2. The normalized spacial score (nSPS) is 25.6. The molecule has 82 valence electrons. The molecule has 5 nitrogen and oxygen atoms in total. The number of nitrogens with zero attached hydrogens (tertiary/aromatic N) is 1. The van der Waals surface area contributed by atoms with Gasteiger partial charge in [-0.2, -0.15) is 0 Å². The van der Waals surface area contributed by atoms with Crippen molar-refractivity contribution in [1.82, 2.24) is 0 Å². The van der Waals surface area contributed by atoms with Gasteiger partial charge in [-0.05, 0) is 0 Å². The van der Waals surface area contributed by atoms with Gasteiger partial charge in [-0.1, -0.05) is 0 Å². The molecule has 1 atom stereocenters. The quantitative estimate of drug-likeness (QED) is 0.422. The number of hydrogen-bond donors (Lipinski definition) is 0. The first-order valence-electron chi connectivity index (χ1n) is 8.21. The largest absolute Gasteiger partial charge is 0.550 e. The molecule has 0 radical (unpaired) electrons. The van der Waals surface area contributed by atoms with Crippen LogP contribution < -0.4 is 5.11 Å². The maximum Gasteiger partial charge on any atom is 0.303 e. The highest BCUT2D eigenvalue weighted by Gasteiger charge is 2.20. The van der Waals surface area contributed by atoms with E-state index in [0.717, 1.165) is 6.92 Å². The summed E-state index contributed by atoms with van der Waals surface area (Å²) < 4.78 is 68.7. The van der Waals surface area contributed by atoms with Crippen LogP contribution in [0.4, 0.5) is 0 Å². The number of likely N-dealkylation sites (N-methyl/N-ethyl adjacent to an activating group) is 1.